The molecule has 4 heteroatoms. The van der Waals surface area contributed by atoms with Gasteiger partial charge in [-0.1, -0.05) is 0 Å². The number of hydrogen-bond acceptors (Lipinski definition) is 3. The highest BCUT2D eigenvalue weighted by molar-refractivity contribution is 5.94. The van der Waals surface area contributed by atoms with Gasteiger partial charge in [-0.15, -0.1) is 0 Å². The lowest BCUT2D eigenvalue weighted by molar-refractivity contribution is 0.0688. The summed E-state index contributed by atoms with van der Waals surface area (Å²) >= 11 is 0. The molecule has 0 aromatic carbocycles. The Hall–Kier alpha value is -1.29. The lowest BCUT2D eigenvalue weighted by Crippen LogP contribution is -2.44. The van der Waals surface area contributed by atoms with Gasteiger partial charge in [0.2, 0.25) is 0 Å². The molecule has 2 heterocycles. The molecule has 2 rings (SSSR count). The van der Waals surface area contributed by atoms with E-state index in [4.69, 9.17) is 4.42 Å². The maximum Gasteiger partial charge on any atom is 0.257 e. The summed E-state index contributed by atoms with van der Waals surface area (Å²) in [5.41, 5.74) is 0.636. The van der Waals surface area contributed by atoms with Crippen LogP contribution in [0.2, 0.25) is 0 Å². The van der Waals surface area contributed by atoms with E-state index >= 15 is 0 Å². The van der Waals surface area contributed by atoms with Crippen LogP contribution in [-0.4, -0.2) is 36.0 Å². The largest absolute Gasteiger partial charge is 0.472 e. The summed E-state index contributed by atoms with van der Waals surface area (Å²) in [4.78, 5) is 14.2. The molecule has 1 N–H and O–H groups in total. The normalized spacial score (nSPS) is 19.8. The summed E-state index contributed by atoms with van der Waals surface area (Å²) < 4.78 is 4.97. The Balaban J connectivity index is 2.03. The zero-order valence-corrected chi connectivity index (χ0v) is 10.5. The highest BCUT2D eigenvalue weighted by Crippen LogP contribution is 2.13. The van der Waals surface area contributed by atoms with Gasteiger partial charge in [-0.2, -0.15) is 0 Å². The van der Waals surface area contributed by atoms with Crippen molar-refractivity contribution in [1.82, 2.24) is 10.2 Å². The zero-order chi connectivity index (χ0) is 12.3. The molecule has 1 aromatic heterocycles. The fourth-order valence-electron chi connectivity index (χ4n) is 2.23. The van der Waals surface area contributed by atoms with Crippen molar-refractivity contribution in [3.63, 3.8) is 0 Å². The molecule has 0 aliphatic carbocycles. The van der Waals surface area contributed by atoms with Crippen molar-refractivity contribution in [2.24, 2.45) is 0 Å². The fourth-order valence-corrected chi connectivity index (χ4v) is 2.23. The third-order valence-corrected chi connectivity index (χ3v) is 3.23. The van der Waals surface area contributed by atoms with Gasteiger partial charge in [-0.25, -0.2) is 0 Å². The Bertz CT molecular complexity index is 354. The second kappa shape index (κ2) is 5.36. The van der Waals surface area contributed by atoms with Gasteiger partial charge in [0, 0.05) is 18.6 Å². The second-order valence-corrected chi connectivity index (χ2v) is 4.86. The van der Waals surface area contributed by atoms with Crippen molar-refractivity contribution in [3.8, 4) is 0 Å². The summed E-state index contributed by atoms with van der Waals surface area (Å²) in [5.74, 6) is 0.0578. The summed E-state index contributed by atoms with van der Waals surface area (Å²) in [6.07, 6.45) is 5.41. The first-order valence-electron chi connectivity index (χ1n) is 6.25. The third-order valence-electron chi connectivity index (χ3n) is 3.23. The molecule has 0 radical (unpaired) electrons. The van der Waals surface area contributed by atoms with Crippen LogP contribution in [0.4, 0.5) is 0 Å². The molecule has 0 saturated carbocycles. The number of rotatable bonds is 4. The van der Waals surface area contributed by atoms with E-state index in [-0.39, 0.29) is 11.9 Å². The summed E-state index contributed by atoms with van der Waals surface area (Å²) in [5, 5.41) is 3.42. The zero-order valence-electron chi connectivity index (χ0n) is 10.5. The average molecular weight is 236 g/mol. The van der Waals surface area contributed by atoms with E-state index in [2.05, 4.69) is 5.32 Å². The molecule has 1 saturated heterocycles. The van der Waals surface area contributed by atoms with Crippen molar-refractivity contribution in [2.45, 2.75) is 38.8 Å². The Morgan fingerprint density at radius 1 is 1.65 bits per heavy atom. The lowest BCUT2D eigenvalue weighted by Gasteiger charge is -2.29. The molecule has 4 nitrogen and oxygen atoms in total. The van der Waals surface area contributed by atoms with E-state index in [0.717, 1.165) is 19.5 Å². The van der Waals surface area contributed by atoms with Crippen molar-refractivity contribution in [1.29, 1.82) is 0 Å². The highest BCUT2D eigenvalue weighted by Gasteiger charge is 2.24. The van der Waals surface area contributed by atoms with E-state index in [0.29, 0.717) is 11.6 Å². The van der Waals surface area contributed by atoms with Crippen LogP contribution < -0.4 is 5.32 Å². The fraction of sp³-hybridized carbons (Fsp3) is 0.615. The van der Waals surface area contributed by atoms with Crippen LogP contribution in [-0.2, 0) is 0 Å². The monoisotopic (exact) mass is 236 g/mol. The molecule has 94 valence electrons. The Morgan fingerprint density at radius 2 is 2.47 bits per heavy atom. The van der Waals surface area contributed by atoms with Crippen molar-refractivity contribution in [3.05, 3.63) is 24.2 Å². The minimum absolute atomic E-state index is 0.0578. The Morgan fingerprint density at radius 3 is 3.00 bits per heavy atom. The van der Waals surface area contributed by atoms with E-state index in [1.165, 1.54) is 12.7 Å². The molecule has 1 atom stereocenters. The van der Waals surface area contributed by atoms with Gasteiger partial charge < -0.3 is 14.6 Å². The lowest BCUT2D eigenvalue weighted by atomic mass is 10.1. The molecule has 1 fully saturated rings. The molecule has 1 unspecified atom stereocenters. The molecule has 1 aliphatic heterocycles. The number of carbonyl (C=O) groups is 1. The average Bonchev–Trinajstić information content (AvgIpc) is 2.97. The number of amides is 1. The van der Waals surface area contributed by atoms with Crippen LogP contribution in [0, 0.1) is 0 Å². The van der Waals surface area contributed by atoms with Crippen LogP contribution in [0.15, 0.2) is 23.0 Å². The first kappa shape index (κ1) is 12.2. The number of nitrogens with zero attached hydrogens (tertiary/aromatic N) is 1. The minimum atomic E-state index is 0.0578. The predicted octanol–water partition coefficient (Wildman–Crippen LogP) is 1.88. The quantitative estimate of drug-likeness (QED) is 0.868. The maximum atomic E-state index is 12.3. The molecular formula is C13H20N2O2. The van der Waals surface area contributed by atoms with Gasteiger partial charge in [0.25, 0.3) is 5.91 Å². The van der Waals surface area contributed by atoms with Gasteiger partial charge in [-0.05, 0) is 39.3 Å². The van der Waals surface area contributed by atoms with Crippen molar-refractivity contribution < 1.29 is 9.21 Å². The van der Waals surface area contributed by atoms with Gasteiger partial charge in [0.15, 0.2) is 0 Å². The smallest absolute Gasteiger partial charge is 0.257 e. The molecule has 0 bridgehead atoms. The Kier molecular flexibility index (Phi) is 3.84. The molecule has 1 amide bonds. The number of furan rings is 1. The Labute approximate surface area is 102 Å². The standard InChI is InChI=1S/C13H20N2O2/c1-10(2)15(8-12-4-3-6-14-12)13(16)11-5-7-17-9-11/h5,7,9-10,12,14H,3-4,6,8H2,1-2H3. The van der Waals surface area contributed by atoms with Gasteiger partial charge in [-0.3, -0.25) is 4.79 Å². The van der Waals surface area contributed by atoms with Crippen LogP contribution >= 0.6 is 0 Å². The minimum Gasteiger partial charge on any atom is -0.472 e. The van der Waals surface area contributed by atoms with Crippen LogP contribution in [0.25, 0.3) is 0 Å². The van der Waals surface area contributed by atoms with E-state index in [1.54, 1.807) is 12.3 Å². The summed E-state index contributed by atoms with van der Waals surface area (Å²) in [6.45, 7) is 5.94. The third kappa shape index (κ3) is 2.88. The first-order valence-corrected chi connectivity index (χ1v) is 6.25. The van der Waals surface area contributed by atoms with E-state index in [9.17, 15) is 4.79 Å². The molecule has 17 heavy (non-hydrogen) atoms. The van der Waals surface area contributed by atoms with E-state index < -0.39 is 0 Å². The molecule has 1 aromatic rings. The van der Waals surface area contributed by atoms with Crippen LogP contribution in [0.1, 0.15) is 37.0 Å². The topological polar surface area (TPSA) is 45.5 Å². The SMILES string of the molecule is CC(C)N(CC1CCCN1)C(=O)c1ccoc1. The second-order valence-electron chi connectivity index (χ2n) is 4.86. The number of carbonyl (C=O) groups excluding carboxylic acids is 1. The van der Waals surface area contributed by atoms with Crippen molar-refractivity contribution >= 4 is 5.91 Å². The summed E-state index contributed by atoms with van der Waals surface area (Å²) in [7, 11) is 0. The van der Waals surface area contributed by atoms with Gasteiger partial charge >= 0.3 is 0 Å². The van der Waals surface area contributed by atoms with Crippen molar-refractivity contribution in [2.75, 3.05) is 13.1 Å². The predicted molar refractivity (Wildman–Crippen MR) is 65.9 cm³/mol. The van der Waals surface area contributed by atoms with Gasteiger partial charge in [0.1, 0.15) is 6.26 Å². The molecular weight excluding hydrogens is 216 g/mol. The summed E-state index contributed by atoms with van der Waals surface area (Å²) in [6, 6.07) is 2.37. The highest BCUT2D eigenvalue weighted by atomic mass is 16.3. The van der Waals surface area contributed by atoms with E-state index in [1.807, 2.05) is 18.7 Å². The van der Waals surface area contributed by atoms with Crippen LogP contribution in [0.3, 0.4) is 0 Å². The number of hydrogen-bond donors (Lipinski definition) is 1. The first-order chi connectivity index (χ1) is 8.18. The molecule has 0 spiro atoms. The van der Waals surface area contributed by atoms with Crippen LogP contribution in [0.5, 0.6) is 0 Å². The number of nitrogens with one attached hydrogen (secondary N) is 1. The molecule has 1 aliphatic rings. The maximum absolute atomic E-state index is 12.3. The van der Waals surface area contributed by atoms with Gasteiger partial charge in [0.05, 0.1) is 11.8 Å².